The second-order valence-corrected chi connectivity index (χ2v) is 6.25. The molecular weight excluding hydrogens is 310 g/mol. The highest BCUT2D eigenvalue weighted by Crippen LogP contribution is 2.21. The second kappa shape index (κ2) is 7.19. The maximum absolute atomic E-state index is 11.8. The zero-order chi connectivity index (χ0) is 16.1. The number of nitrogens with zero attached hydrogens (tertiary/aromatic N) is 2. The molecule has 1 N–H and O–H groups in total. The molecule has 5 nitrogen and oxygen atoms in total. The Morgan fingerprint density at radius 2 is 2.35 bits per heavy atom. The van der Waals surface area contributed by atoms with Crippen LogP contribution in [0.3, 0.4) is 0 Å². The van der Waals surface area contributed by atoms with Crippen molar-refractivity contribution in [3.05, 3.63) is 52.5 Å². The lowest BCUT2D eigenvalue weighted by Crippen LogP contribution is -2.24. The predicted molar refractivity (Wildman–Crippen MR) is 91.0 cm³/mol. The fourth-order valence-corrected chi connectivity index (χ4v) is 3.05. The molecule has 2 aromatic heterocycles. The fourth-order valence-electron chi connectivity index (χ4n) is 2.43. The van der Waals surface area contributed by atoms with Crippen LogP contribution >= 0.6 is 11.3 Å². The van der Waals surface area contributed by atoms with Gasteiger partial charge in [0.25, 0.3) is 0 Å². The van der Waals surface area contributed by atoms with Gasteiger partial charge in [0, 0.05) is 36.7 Å². The first-order valence-electron chi connectivity index (χ1n) is 7.46. The number of pyridine rings is 1. The molecule has 2 aromatic rings. The Hall–Kier alpha value is -2.47. The van der Waals surface area contributed by atoms with E-state index in [9.17, 15) is 9.59 Å². The van der Waals surface area contributed by atoms with Gasteiger partial charge in [0.15, 0.2) is 0 Å². The molecule has 0 unspecified atom stereocenters. The molecule has 6 heteroatoms. The SMILES string of the molecule is O=C(/C=C/c1cccs1)NCc1cncc(N2CCCC2=O)c1. The third-order valence-electron chi connectivity index (χ3n) is 3.57. The topological polar surface area (TPSA) is 62.3 Å². The Morgan fingerprint density at radius 3 is 3.09 bits per heavy atom. The van der Waals surface area contributed by atoms with E-state index in [-0.39, 0.29) is 11.8 Å². The smallest absolute Gasteiger partial charge is 0.244 e. The van der Waals surface area contributed by atoms with Gasteiger partial charge in [-0.05, 0) is 35.6 Å². The lowest BCUT2D eigenvalue weighted by Gasteiger charge is -2.16. The van der Waals surface area contributed by atoms with Crippen molar-refractivity contribution in [2.75, 3.05) is 11.4 Å². The first kappa shape index (κ1) is 15.4. The highest BCUT2D eigenvalue weighted by molar-refractivity contribution is 7.10. The minimum atomic E-state index is -0.152. The Bertz CT molecular complexity index is 725. The van der Waals surface area contributed by atoms with Crippen LogP contribution in [0.15, 0.2) is 42.0 Å². The molecule has 0 atom stereocenters. The molecule has 3 heterocycles. The molecule has 1 aliphatic rings. The van der Waals surface area contributed by atoms with E-state index in [0.29, 0.717) is 13.0 Å². The quantitative estimate of drug-likeness (QED) is 0.859. The van der Waals surface area contributed by atoms with Crippen LogP contribution in [-0.2, 0) is 16.1 Å². The highest BCUT2D eigenvalue weighted by atomic mass is 32.1. The number of aromatic nitrogens is 1. The van der Waals surface area contributed by atoms with E-state index in [1.807, 2.05) is 23.6 Å². The third kappa shape index (κ3) is 4.04. The number of hydrogen-bond acceptors (Lipinski definition) is 4. The Morgan fingerprint density at radius 1 is 1.43 bits per heavy atom. The summed E-state index contributed by atoms with van der Waals surface area (Å²) in [4.78, 5) is 30.5. The van der Waals surface area contributed by atoms with Crippen molar-refractivity contribution in [2.24, 2.45) is 0 Å². The molecule has 0 bridgehead atoms. The van der Waals surface area contributed by atoms with Gasteiger partial charge in [0.2, 0.25) is 11.8 Å². The summed E-state index contributed by atoms with van der Waals surface area (Å²) >= 11 is 1.58. The second-order valence-electron chi connectivity index (χ2n) is 5.27. The van der Waals surface area contributed by atoms with E-state index >= 15 is 0 Å². The molecule has 1 fully saturated rings. The zero-order valence-corrected chi connectivity index (χ0v) is 13.4. The molecule has 2 amide bonds. The number of thiophene rings is 1. The predicted octanol–water partition coefficient (Wildman–Crippen LogP) is 2.60. The molecule has 1 aliphatic heterocycles. The molecule has 0 spiro atoms. The van der Waals surface area contributed by atoms with Crippen molar-refractivity contribution in [1.82, 2.24) is 10.3 Å². The Labute approximate surface area is 138 Å². The normalized spacial score (nSPS) is 14.6. The van der Waals surface area contributed by atoms with Gasteiger partial charge < -0.3 is 10.2 Å². The first-order valence-corrected chi connectivity index (χ1v) is 8.34. The summed E-state index contributed by atoms with van der Waals surface area (Å²) in [6, 6.07) is 5.80. The summed E-state index contributed by atoms with van der Waals surface area (Å²) in [6.07, 6.45) is 8.17. The van der Waals surface area contributed by atoms with E-state index in [2.05, 4.69) is 10.3 Å². The third-order valence-corrected chi connectivity index (χ3v) is 4.41. The minimum absolute atomic E-state index is 0.131. The van der Waals surface area contributed by atoms with Crippen LogP contribution in [0.5, 0.6) is 0 Å². The monoisotopic (exact) mass is 327 g/mol. The maximum Gasteiger partial charge on any atom is 0.244 e. The number of amides is 2. The van der Waals surface area contributed by atoms with E-state index in [1.54, 1.807) is 34.7 Å². The average Bonchev–Trinajstić information content (AvgIpc) is 3.22. The lowest BCUT2D eigenvalue weighted by atomic mass is 10.2. The van der Waals surface area contributed by atoms with Gasteiger partial charge in [-0.1, -0.05) is 6.07 Å². The summed E-state index contributed by atoms with van der Waals surface area (Å²) < 4.78 is 0. The van der Waals surface area contributed by atoms with E-state index in [0.717, 1.165) is 29.1 Å². The number of anilines is 1. The van der Waals surface area contributed by atoms with Gasteiger partial charge in [-0.15, -0.1) is 11.3 Å². The van der Waals surface area contributed by atoms with Gasteiger partial charge in [0.05, 0.1) is 11.9 Å². The molecule has 118 valence electrons. The molecule has 0 saturated carbocycles. The maximum atomic E-state index is 11.8. The van der Waals surface area contributed by atoms with Crippen LogP contribution in [0.2, 0.25) is 0 Å². The average molecular weight is 327 g/mol. The van der Waals surface area contributed by atoms with Crippen LogP contribution in [0.25, 0.3) is 6.08 Å². The summed E-state index contributed by atoms with van der Waals surface area (Å²) in [6.45, 7) is 1.12. The van der Waals surface area contributed by atoms with Gasteiger partial charge in [-0.3, -0.25) is 14.6 Å². The zero-order valence-electron chi connectivity index (χ0n) is 12.6. The van der Waals surface area contributed by atoms with Crippen molar-refractivity contribution in [1.29, 1.82) is 0 Å². The van der Waals surface area contributed by atoms with Crippen LogP contribution in [0, 0.1) is 0 Å². The molecule has 23 heavy (non-hydrogen) atoms. The van der Waals surface area contributed by atoms with Crippen LogP contribution in [-0.4, -0.2) is 23.3 Å². The van der Waals surface area contributed by atoms with Crippen LogP contribution < -0.4 is 10.2 Å². The molecule has 0 aliphatic carbocycles. The molecular formula is C17H17N3O2S. The van der Waals surface area contributed by atoms with Gasteiger partial charge in [-0.2, -0.15) is 0 Å². The van der Waals surface area contributed by atoms with E-state index in [1.165, 1.54) is 6.08 Å². The highest BCUT2D eigenvalue weighted by Gasteiger charge is 2.21. The molecule has 0 aromatic carbocycles. The largest absolute Gasteiger partial charge is 0.348 e. The van der Waals surface area contributed by atoms with Crippen molar-refractivity contribution in [3.63, 3.8) is 0 Å². The molecule has 1 saturated heterocycles. The van der Waals surface area contributed by atoms with Crippen LogP contribution in [0.4, 0.5) is 5.69 Å². The van der Waals surface area contributed by atoms with Crippen molar-refractivity contribution in [2.45, 2.75) is 19.4 Å². The summed E-state index contributed by atoms with van der Waals surface area (Å²) in [5.74, 6) is -0.0204. The van der Waals surface area contributed by atoms with Gasteiger partial charge in [-0.25, -0.2) is 0 Å². The van der Waals surface area contributed by atoms with Gasteiger partial charge in [0.1, 0.15) is 0 Å². The summed E-state index contributed by atoms with van der Waals surface area (Å²) in [5, 5.41) is 4.79. The number of hydrogen-bond donors (Lipinski definition) is 1. The summed E-state index contributed by atoms with van der Waals surface area (Å²) in [7, 11) is 0. The summed E-state index contributed by atoms with van der Waals surface area (Å²) in [5.41, 5.74) is 1.67. The van der Waals surface area contributed by atoms with Crippen molar-refractivity contribution >= 4 is 34.9 Å². The van der Waals surface area contributed by atoms with Crippen molar-refractivity contribution < 1.29 is 9.59 Å². The van der Waals surface area contributed by atoms with E-state index in [4.69, 9.17) is 0 Å². The lowest BCUT2D eigenvalue weighted by molar-refractivity contribution is -0.117. The molecule has 0 radical (unpaired) electrons. The Kier molecular flexibility index (Phi) is 4.83. The van der Waals surface area contributed by atoms with Crippen molar-refractivity contribution in [3.8, 4) is 0 Å². The molecule has 3 rings (SSSR count). The first-order chi connectivity index (χ1) is 11.2. The number of carbonyl (C=O) groups excluding carboxylic acids is 2. The van der Waals surface area contributed by atoms with Gasteiger partial charge >= 0.3 is 0 Å². The number of carbonyl (C=O) groups is 2. The number of nitrogens with one attached hydrogen (secondary N) is 1. The number of rotatable bonds is 5. The van der Waals surface area contributed by atoms with Crippen LogP contribution in [0.1, 0.15) is 23.3 Å². The minimum Gasteiger partial charge on any atom is -0.348 e. The van der Waals surface area contributed by atoms with E-state index < -0.39 is 0 Å². The fraction of sp³-hybridized carbons (Fsp3) is 0.235. The standard InChI is InChI=1S/C17H17N3O2S/c21-16(6-5-15-3-2-8-23-15)19-11-13-9-14(12-18-10-13)20-7-1-4-17(20)22/h2-3,5-6,8-10,12H,1,4,7,11H2,(H,19,21)/b6-5+. The Balaban J connectivity index is 1.58.